The largest absolute Gasteiger partial charge is 0.475 e. The molecule has 0 saturated heterocycles. The first kappa shape index (κ1) is 38.4. The monoisotopic (exact) mass is 634 g/mol. The molecule has 0 radical (unpaired) electrons. The van der Waals surface area contributed by atoms with Crippen molar-refractivity contribution in [3.8, 4) is 5.88 Å². The van der Waals surface area contributed by atoms with Crippen molar-refractivity contribution in [1.29, 1.82) is 0 Å². The van der Waals surface area contributed by atoms with Crippen LogP contribution in [0.15, 0.2) is 6.08 Å². The normalized spacial score (nSPS) is 17.3. The molecule has 0 fully saturated rings. The lowest BCUT2D eigenvalue weighted by atomic mass is 10.0. The van der Waals surface area contributed by atoms with Crippen LogP contribution < -0.4 is 4.74 Å². The number of esters is 1. The van der Waals surface area contributed by atoms with Gasteiger partial charge in [-0.25, -0.2) is 0 Å². The van der Waals surface area contributed by atoms with E-state index in [4.69, 9.17) is 9.47 Å². The number of aromatic nitrogens is 2. The van der Waals surface area contributed by atoms with E-state index in [2.05, 4.69) is 28.8 Å². The molecule has 44 heavy (non-hydrogen) atoms. The molecule has 0 saturated carbocycles. The van der Waals surface area contributed by atoms with E-state index in [0.29, 0.717) is 23.4 Å². The van der Waals surface area contributed by atoms with Crippen molar-refractivity contribution in [3.63, 3.8) is 0 Å². The van der Waals surface area contributed by atoms with Crippen LogP contribution in [0.2, 0.25) is 0 Å². The molecule has 1 aromatic rings. The van der Waals surface area contributed by atoms with Crippen molar-refractivity contribution < 1.29 is 23.5 Å². The van der Waals surface area contributed by atoms with E-state index in [1.165, 1.54) is 114 Å². The predicted molar refractivity (Wildman–Crippen MR) is 183 cm³/mol. The van der Waals surface area contributed by atoms with Gasteiger partial charge in [-0.05, 0) is 19.3 Å². The van der Waals surface area contributed by atoms with Crippen LogP contribution in [0, 0.1) is 0 Å². The third-order valence-corrected chi connectivity index (χ3v) is 9.71. The molecule has 1 aliphatic rings. The summed E-state index contributed by atoms with van der Waals surface area (Å²) < 4.78 is 21.6. The Bertz CT molecular complexity index is 921. The number of carbonyl (C=O) groups excluding carboxylic acids is 2. The summed E-state index contributed by atoms with van der Waals surface area (Å²) in [4.78, 5) is 23.0. The van der Waals surface area contributed by atoms with Crippen LogP contribution in [-0.4, -0.2) is 58.5 Å². The number of ether oxygens (including phenoxy) is 2. The van der Waals surface area contributed by atoms with Gasteiger partial charge in [0.2, 0.25) is 6.23 Å². The molecule has 1 aliphatic heterocycles. The van der Waals surface area contributed by atoms with Gasteiger partial charge in [0.15, 0.2) is 0 Å². The fourth-order valence-corrected chi connectivity index (χ4v) is 6.60. The van der Waals surface area contributed by atoms with Gasteiger partial charge < -0.3 is 14.3 Å². The Morgan fingerprint density at radius 1 is 0.864 bits per heavy atom. The molecule has 8 heteroatoms. The molecule has 0 amide bonds. The number of quaternary nitrogens is 1. The molecular formula is C36H64N3O4S+. The summed E-state index contributed by atoms with van der Waals surface area (Å²) in [6, 6.07) is 0. The molecule has 0 aliphatic carbocycles. The van der Waals surface area contributed by atoms with Crippen LogP contribution in [0.5, 0.6) is 5.88 Å². The van der Waals surface area contributed by atoms with Gasteiger partial charge in [0, 0.05) is 31.8 Å². The summed E-state index contributed by atoms with van der Waals surface area (Å²) in [6.45, 7) is 6.62. The molecule has 2 unspecified atom stereocenters. The van der Waals surface area contributed by atoms with Crippen LogP contribution in [0.1, 0.15) is 167 Å². The second-order valence-electron chi connectivity index (χ2n) is 13.2. The lowest BCUT2D eigenvalue weighted by molar-refractivity contribution is -0.944. The highest BCUT2D eigenvalue weighted by Gasteiger charge is 2.36. The van der Waals surface area contributed by atoms with Crippen molar-refractivity contribution in [1.82, 2.24) is 8.75 Å². The minimum atomic E-state index is -0.199. The molecule has 2 rings (SSSR count). The van der Waals surface area contributed by atoms with Gasteiger partial charge in [0.25, 0.3) is 5.88 Å². The number of likely N-dealkylation sites (N-methyl/N-ethyl adjacent to an activating group) is 1. The van der Waals surface area contributed by atoms with Crippen molar-refractivity contribution >= 4 is 29.6 Å². The van der Waals surface area contributed by atoms with E-state index in [1.54, 1.807) is 0 Å². The molecule has 0 spiro atoms. The van der Waals surface area contributed by atoms with Crippen LogP contribution in [0.25, 0.3) is 5.57 Å². The maximum Gasteiger partial charge on any atom is 0.310 e. The summed E-state index contributed by atoms with van der Waals surface area (Å²) >= 11 is 1.21. The third kappa shape index (κ3) is 16.5. The number of carbonyl (C=O) groups is 2. The van der Waals surface area contributed by atoms with Crippen molar-refractivity contribution in [2.45, 2.75) is 168 Å². The Morgan fingerprint density at radius 3 is 2.02 bits per heavy atom. The average Bonchev–Trinajstić information content (AvgIpc) is 3.49. The van der Waals surface area contributed by atoms with E-state index in [0.717, 1.165) is 69.2 Å². The fraction of sp³-hybridized carbons (Fsp3) is 0.833. The van der Waals surface area contributed by atoms with E-state index in [9.17, 15) is 9.59 Å². The molecule has 2 atom stereocenters. The quantitative estimate of drug-likeness (QED) is 0.0395. The zero-order chi connectivity index (χ0) is 31.7. The third-order valence-electron chi connectivity index (χ3n) is 9.19. The summed E-state index contributed by atoms with van der Waals surface area (Å²) in [6.07, 6.45) is 30.2. The molecule has 0 N–H and O–H groups in total. The minimum Gasteiger partial charge on any atom is -0.475 e. The molecule has 252 valence electrons. The van der Waals surface area contributed by atoms with Gasteiger partial charge in [0.1, 0.15) is 18.5 Å². The van der Waals surface area contributed by atoms with Crippen molar-refractivity contribution in [2.24, 2.45) is 0 Å². The smallest absolute Gasteiger partial charge is 0.310 e. The zero-order valence-electron chi connectivity index (χ0n) is 28.5. The number of aldehydes is 1. The summed E-state index contributed by atoms with van der Waals surface area (Å²) in [5.41, 5.74) is 2.01. The molecular weight excluding hydrogens is 570 g/mol. The molecule has 1 aromatic heterocycles. The van der Waals surface area contributed by atoms with Crippen LogP contribution >= 0.6 is 11.7 Å². The molecule has 0 bridgehead atoms. The Kier molecular flexibility index (Phi) is 21.3. The van der Waals surface area contributed by atoms with Gasteiger partial charge >= 0.3 is 5.97 Å². The number of unbranched alkanes of at least 4 members (excludes halogenated alkanes) is 19. The van der Waals surface area contributed by atoms with E-state index in [1.807, 2.05) is 6.92 Å². The summed E-state index contributed by atoms with van der Waals surface area (Å²) in [5, 5.41) is 0. The zero-order valence-corrected chi connectivity index (χ0v) is 29.3. The molecule has 7 nitrogen and oxygen atoms in total. The lowest BCUT2D eigenvalue weighted by Gasteiger charge is -2.41. The topological polar surface area (TPSA) is 78.4 Å². The Hall–Kier alpha value is -1.80. The summed E-state index contributed by atoms with van der Waals surface area (Å²) in [7, 11) is 2.18. The van der Waals surface area contributed by atoms with Crippen molar-refractivity contribution in [2.75, 3.05) is 26.7 Å². The molecule has 2 heterocycles. The highest BCUT2D eigenvalue weighted by Crippen LogP contribution is 2.31. The van der Waals surface area contributed by atoms with Gasteiger partial charge in [0.05, 0.1) is 31.9 Å². The second-order valence-corrected chi connectivity index (χ2v) is 13.7. The average molecular weight is 635 g/mol. The maximum atomic E-state index is 12.7. The van der Waals surface area contributed by atoms with E-state index >= 15 is 0 Å². The van der Waals surface area contributed by atoms with E-state index in [-0.39, 0.29) is 12.2 Å². The first-order valence-electron chi connectivity index (χ1n) is 18.1. The lowest BCUT2D eigenvalue weighted by Crippen LogP contribution is -2.55. The fourth-order valence-electron chi connectivity index (χ4n) is 6.07. The van der Waals surface area contributed by atoms with Gasteiger partial charge in [-0.1, -0.05) is 122 Å². The number of nitrogens with zero attached hydrogens (tertiary/aromatic N) is 3. The van der Waals surface area contributed by atoms with Gasteiger partial charge in [-0.15, -0.1) is 4.37 Å². The van der Waals surface area contributed by atoms with Crippen molar-refractivity contribution in [3.05, 3.63) is 11.8 Å². The first-order valence-corrected chi connectivity index (χ1v) is 18.8. The van der Waals surface area contributed by atoms with Crippen LogP contribution in [-0.2, 0) is 14.3 Å². The number of rotatable bonds is 28. The molecule has 0 aromatic carbocycles. The highest BCUT2D eigenvalue weighted by atomic mass is 32.1. The summed E-state index contributed by atoms with van der Waals surface area (Å²) in [5.74, 6) is 0.578. The van der Waals surface area contributed by atoms with Crippen LogP contribution in [0.3, 0.4) is 0 Å². The number of hydrogen-bond donors (Lipinski definition) is 0. The SMILES string of the molecule is CCCCCCOc1nsnc1C1=CCC[N+](C)(C(C)OC(=O)CCCCCCCCCCCCCCCCCCC=O)C1. The maximum absolute atomic E-state index is 12.7. The Labute approximate surface area is 273 Å². The standard InChI is InChI=1S/C36H64N3O4S/c1-4-5-6-24-30-42-36-35(37-44-38-36)33-26-25-28-39(3,31-33)32(2)43-34(41)27-22-20-18-16-14-12-10-8-7-9-11-13-15-17-19-21-23-29-40/h26,29,32H,4-25,27-28,30-31H2,1-3H3/q+1. The first-order chi connectivity index (χ1) is 21.5. The van der Waals surface area contributed by atoms with Gasteiger partial charge in [-0.3, -0.25) is 9.28 Å². The minimum absolute atomic E-state index is 0.0720. The number of hydrogen-bond acceptors (Lipinski definition) is 7. The van der Waals surface area contributed by atoms with Crippen LogP contribution in [0.4, 0.5) is 0 Å². The Balaban J connectivity index is 1.50. The Morgan fingerprint density at radius 2 is 1.43 bits per heavy atom. The van der Waals surface area contributed by atoms with E-state index < -0.39 is 0 Å². The second kappa shape index (κ2) is 24.4. The predicted octanol–water partition coefficient (Wildman–Crippen LogP) is 9.84. The highest BCUT2D eigenvalue weighted by molar-refractivity contribution is 6.99. The van der Waals surface area contributed by atoms with Gasteiger partial charge in [-0.2, -0.15) is 4.37 Å².